The van der Waals surface area contributed by atoms with E-state index in [1.54, 1.807) is 31.9 Å². The average molecular weight is 368 g/mol. The highest BCUT2D eigenvalue weighted by atomic mass is 32.1. The Morgan fingerprint density at radius 1 is 1.15 bits per heavy atom. The van der Waals surface area contributed by atoms with Crippen LogP contribution in [0.4, 0.5) is 5.82 Å². The lowest BCUT2D eigenvalue weighted by Gasteiger charge is -2.10. The van der Waals surface area contributed by atoms with E-state index in [1.165, 1.54) is 16.9 Å². The summed E-state index contributed by atoms with van der Waals surface area (Å²) in [5.74, 6) is 2.15. The van der Waals surface area contributed by atoms with Crippen LogP contribution in [-0.4, -0.2) is 29.9 Å². The number of benzene rings is 1. The molecule has 4 rings (SSSR count). The van der Waals surface area contributed by atoms with Gasteiger partial charge in [0.1, 0.15) is 11.2 Å². The number of hydrogen-bond acceptors (Lipinski definition) is 7. The lowest BCUT2D eigenvalue weighted by atomic mass is 10.1. The Labute approximate surface area is 155 Å². The molecule has 0 atom stereocenters. The fourth-order valence-electron chi connectivity index (χ4n) is 3.28. The van der Waals surface area contributed by atoms with Gasteiger partial charge in [-0.3, -0.25) is 5.43 Å². The number of ether oxygens (including phenoxy) is 2. The summed E-state index contributed by atoms with van der Waals surface area (Å²) in [6.07, 6.45) is 5.04. The zero-order valence-electron chi connectivity index (χ0n) is 15.0. The fraction of sp³-hybridized carbons (Fsp3) is 0.316. The summed E-state index contributed by atoms with van der Waals surface area (Å²) in [6, 6.07) is 5.75. The molecule has 3 aromatic rings. The van der Waals surface area contributed by atoms with E-state index in [4.69, 9.17) is 9.47 Å². The van der Waals surface area contributed by atoms with Gasteiger partial charge in [-0.15, -0.1) is 11.3 Å². The van der Waals surface area contributed by atoms with E-state index in [-0.39, 0.29) is 0 Å². The van der Waals surface area contributed by atoms with Crippen molar-refractivity contribution in [2.45, 2.75) is 26.2 Å². The van der Waals surface area contributed by atoms with Crippen molar-refractivity contribution >= 4 is 33.1 Å². The van der Waals surface area contributed by atoms with Crippen LogP contribution >= 0.6 is 11.3 Å². The molecule has 0 amide bonds. The summed E-state index contributed by atoms with van der Waals surface area (Å²) in [5.41, 5.74) is 6.31. The van der Waals surface area contributed by atoms with Gasteiger partial charge >= 0.3 is 0 Å². The van der Waals surface area contributed by atoms with Crippen LogP contribution < -0.4 is 14.9 Å². The predicted octanol–water partition coefficient (Wildman–Crippen LogP) is 4.03. The van der Waals surface area contributed by atoms with Crippen molar-refractivity contribution in [3.05, 3.63) is 40.5 Å². The molecule has 6 nitrogen and oxygen atoms in total. The van der Waals surface area contributed by atoms with Crippen LogP contribution in [0.3, 0.4) is 0 Å². The average Bonchev–Trinajstić information content (AvgIpc) is 3.26. The number of aryl methyl sites for hydroxylation is 2. The first-order valence-corrected chi connectivity index (χ1v) is 9.31. The highest BCUT2D eigenvalue weighted by Gasteiger charge is 2.21. The number of rotatable bonds is 5. The maximum atomic E-state index is 5.37. The molecule has 0 bridgehead atoms. The van der Waals surface area contributed by atoms with Crippen molar-refractivity contribution in [3.63, 3.8) is 0 Å². The molecule has 26 heavy (non-hydrogen) atoms. The van der Waals surface area contributed by atoms with Crippen LogP contribution in [0.25, 0.3) is 10.2 Å². The van der Waals surface area contributed by atoms with Gasteiger partial charge in [0.2, 0.25) is 0 Å². The minimum Gasteiger partial charge on any atom is -0.493 e. The normalized spacial score (nSPS) is 13.7. The third kappa shape index (κ3) is 2.88. The Kier molecular flexibility index (Phi) is 4.46. The third-order valence-electron chi connectivity index (χ3n) is 4.63. The van der Waals surface area contributed by atoms with E-state index in [0.29, 0.717) is 11.5 Å². The Bertz CT molecular complexity index is 997. The van der Waals surface area contributed by atoms with E-state index in [1.807, 2.05) is 25.1 Å². The zero-order valence-corrected chi connectivity index (χ0v) is 15.8. The number of aromatic nitrogens is 2. The number of thiophene rings is 1. The molecule has 0 aliphatic heterocycles. The highest BCUT2D eigenvalue weighted by molar-refractivity contribution is 7.19. The second-order valence-electron chi connectivity index (χ2n) is 6.14. The van der Waals surface area contributed by atoms with E-state index in [0.717, 1.165) is 40.2 Å². The molecule has 0 saturated heterocycles. The number of anilines is 1. The standard InChI is InChI=1S/C19H20N4O2S/c1-11(12-7-8-14(24-2)15(9-12)25-3)22-23-18-17-13-5-4-6-16(13)26-19(17)21-10-20-18/h7-10H,4-6H2,1-3H3,(H,20,21,23)/b22-11-. The molecular weight excluding hydrogens is 348 g/mol. The number of nitrogens with zero attached hydrogens (tertiary/aromatic N) is 3. The maximum absolute atomic E-state index is 5.37. The molecule has 2 aromatic heterocycles. The molecule has 0 saturated carbocycles. The van der Waals surface area contributed by atoms with E-state index in [9.17, 15) is 0 Å². The fourth-order valence-corrected chi connectivity index (χ4v) is 4.50. The zero-order chi connectivity index (χ0) is 18.1. The van der Waals surface area contributed by atoms with Gasteiger partial charge in [0, 0.05) is 10.4 Å². The second kappa shape index (κ2) is 6.92. The molecule has 0 spiro atoms. The van der Waals surface area contributed by atoms with Gasteiger partial charge in [-0.05, 0) is 49.9 Å². The molecule has 1 aliphatic carbocycles. The summed E-state index contributed by atoms with van der Waals surface area (Å²) in [7, 11) is 3.25. The van der Waals surface area contributed by atoms with Gasteiger partial charge in [0.25, 0.3) is 0 Å². The van der Waals surface area contributed by atoms with Gasteiger partial charge in [-0.25, -0.2) is 9.97 Å². The van der Waals surface area contributed by atoms with E-state index >= 15 is 0 Å². The second-order valence-corrected chi connectivity index (χ2v) is 7.22. The molecule has 2 heterocycles. The molecule has 0 radical (unpaired) electrons. The van der Waals surface area contributed by atoms with Crippen molar-refractivity contribution in [2.24, 2.45) is 5.10 Å². The Balaban J connectivity index is 1.65. The van der Waals surface area contributed by atoms with Crippen molar-refractivity contribution < 1.29 is 9.47 Å². The summed E-state index contributed by atoms with van der Waals surface area (Å²) in [6.45, 7) is 1.95. The van der Waals surface area contributed by atoms with E-state index in [2.05, 4.69) is 20.5 Å². The van der Waals surface area contributed by atoms with Gasteiger partial charge < -0.3 is 9.47 Å². The van der Waals surface area contributed by atoms with Gasteiger partial charge in [-0.2, -0.15) is 5.10 Å². The van der Waals surface area contributed by atoms with Gasteiger partial charge in [0.15, 0.2) is 17.3 Å². The topological polar surface area (TPSA) is 68.6 Å². The summed E-state index contributed by atoms with van der Waals surface area (Å²) in [4.78, 5) is 11.3. The number of nitrogens with one attached hydrogen (secondary N) is 1. The largest absolute Gasteiger partial charge is 0.493 e. The summed E-state index contributed by atoms with van der Waals surface area (Å²) >= 11 is 1.77. The predicted molar refractivity (Wildman–Crippen MR) is 105 cm³/mol. The molecule has 1 aliphatic rings. The minimum atomic E-state index is 0.680. The Morgan fingerprint density at radius 3 is 2.81 bits per heavy atom. The number of hydrogen-bond donors (Lipinski definition) is 1. The van der Waals surface area contributed by atoms with Crippen molar-refractivity contribution in [1.29, 1.82) is 0 Å². The maximum Gasteiger partial charge on any atom is 0.161 e. The summed E-state index contributed by atoms with van der Waals surface area (Å²) < 4.78 is 10.7. The molecule has 0 fully saturated rings. The van der Waals surface area contributed by atoms with Crippen LogP contribution in [0, 0.1) is 0 Å². The molecule has 0 unspecified atom stereocenters. The lowest BCUT2D eigenvalue weighted by molar-refractivity contribution is 0.355. The van der Waals surface area contributed by atoms with Gasteiger partial charge in [0.05, 0.1) is 25.3 Å². The summed E-state index contributed by atoms with van der Waals surface area (Å²) in [5, 5.41) is 5.65. The first-order valence-electron chi connectivity index (χ1n) is 8.49. The first-order chi connectivity index (χ1) is 12.7. The van der Waals surface area contributed by atoms with Crippen LogP contribution in [0.1, 0.15) is 29.3 Å². The third-order valence-corrected chi connectivity index (χ3v) is 5.83. The molecule has 134 valence electrons. The van der Waals surface area contributed by atoms with E-state index < -0.39 is 0 Å². The van der Waals surface area contributed by atoms with Crippen LogP contribution in [-0.2, 0) is 12.8 Å². The quantitative estimate of drug-likeness (QED) is 0.544. The molecule has 1 aromatic carbocycles. The van der Waals surface area contributed by atoms with Crippen LogP contribution in [0.5, 0.6) is 11.5 Å². The number of hydrazone groups is 1. The monoisotopic (exact) mass is 368 g/mol. The smallest absolute Gasteiger partial charge is 0.161 e. The number of methoxy groups -OCH3 is 2. The van der Waals surface area contributed by atoms with Crippen molar-refractivity contribution in [2.75, 3.05) is 19.6 Å². The molecular formula is C19H20N4O2S. The molecule has 1 N–H and O–H groups in total. The van der Waals surface area contributed by atoms with Crippen molar-refractivity contribution in [1.82, 2.24) is 9.97 Å². The molecule has 7 heteroatoms. The van der Waals surface area contributed by atoms with Crippen LogP contribution in [0.2, 0.25) is 0 Å². The number of fused-ring (bicyclic) bond motifs is 3. The Hall–Kier alpha value is -2.67. The Morgan fingerprint density at radius 2 is 2.00 bits per heavy atom. The highest BCUT2D eigenvalue weighted by Crippen LogP contribution is 2.39. The van der Waals surface area contributed by atoms with Crippen molar-refractivity contribution in [3.8, 4) is 11.5 Å². The lowest BCUT2D eigenvalue weighted by Crippen LogP contribution is -2.02. The van der Waals surface area contributed by atoms with Crippen LogP contribution in [0.15, 0.2) is 29.6 Å². The SMILES string of the molecule is COc1ccc(/C(C)=N\Nc2ncnc3sc4c(c23)CCC4)cc1OC. The first kappa shape index (κ1) is 16.8. The minimum absolute atomic E-state index is 0.680. The van der Waals surface area contributed by atoms with Gasteiger partial charge in [-0.1, -0.05) is 0 Å².